The second-order valence-corrected chi connectivity index (χ2v) is 3.57. The molecule has 5 N–H and O–H groups in total. The number of nitrogens with zero attached hydrogens (tertiary/aromatic N) is 1. The first-order valence-corrected chi connectivity index (χ1v) is 4.93. The Morgan fingerprint density at radius 2 is 2.36 bits per heavy atom. The molecule has 0 aliphatic heterocycles. The van der Waals surface area contributed by atoms with E-state index < -0.39 is 0 Å². The van der Waals surface area contributed by atoms with Gasteiger partial charge in [-0.05, 0) is 12.5 Å². The van der Waals surface area contributed by atoms with E-state index in [0.717, 1.165) is 18.4 Å². The molecule has 14 heavy (non-hydrogen) atoms. The van der Waals surface area contributed by atoms with Gasteiger partial charge in [0.05, 0.1) is 5.02 Å². The number of anilines is 1. The minimum atomic E-state index is 0.0196. The summed E-state index contributed by atoms with van der Waals surface area (Å²) in [5.41, 5.74) is 9.30. The van der Waals surface area contributed by atoms with Crippen LogP contribution in [0.5, 0.6) is 0 Å². The molecule has 1 aromatic heterocycles. The molecule has 0 aliphatic carbocycles. The lowest BCUT2D eigenvalue weighted by atomic mass is 10.0. The minimum absolute atomic E-state index is 0.0196. The van der Waals surface area contributed by atoms with Crippen LogP contribution in [0.3, 0.4) is 0 Å². The minimum Gasteiger partial charge on any atom is -0.383 e. The Bertz CT molecular complexity index is 303. The van der Waals surface area contributed by atoms with Crippen molar-refractivity contribution in [3.63, 3.8) is 0 Å². The van der Waals surface area contributed by atoms with Crippen molar-refractivity contribution in [3.05, 3.63) is 22.8 Å². The first kappa shape index (κ1) is 11.2. The molecule has 0 saturated heterocycles. The van der Waals surface area contributed by atoms with Gasteiger partial charge >= 0.3 is 0 Å². The van der Waals surface area contributed by atoms with Gasteiger partial charge in [0.25, 0.3) is 0 Å². The number of nitrogen functional groups attached to an aromatic ring is 1. The Labute approximate surface area is 88.6 Å². The molecule has 1 heterocycles. The van der Waals surface area contributed by atoms with Gasteiger partial charge < -0.3 is 5.73 Å². The predicted molar refractivity (Wildman–Crippen MR) is 58.6 cm³/mol. The Morgan fingerprint density at radius 3 is 2.93 bits per heavy atom. The molecule has 78 valence electrons. The van der Waals surface area contributed by atoms with E-state index in [1.54, 1.807) is 6.07 Å². The molecule has 4 nitrogen and oxygen atoms in total. The summed E-state index contributed by atoms with van der Waals surface area (Å²) in [4.78, 5) is 3.98. The number of hydrazine groups is 1. The van der Waals surface area contributed by atoms with Crippen molar-refractivity contribution in [1.82, 2.24) is 10.4 Å². The van der Waals surface area contributed by atoms with Crippen molar-refractivity contribution in [2.75, 3.05) is 5.73 Å². The van der Waals surface area contributed by atoms with Gasteiger partial charge in [-0.3, -0.25) is 11.3 Å². The maximum absolute atomic E-state index is 5.83. The van der Waals surface area contributed by atoms with Crippen LogP contribution in [0.15, 0.2) is 12.3 Å². The van der Waals surface area contributed by atoms with Crippen LogP contribution >= 0.6 is 11.6 Å². The highest BCUT2D eigenvalue weighted by Crippen LogP contribution is 2.24. The number of hydrogen-bond acceptors (Lipinski definition) is 4. The van der Waals surface area contributed by atoms with E-state index in [-0.39, 0.29) is 6.04 Å². The van der Waals surface area contributed by atoms with E-state index in [0.29, 0.717) is 10.8 Å². The van der Waals surface area contributed by atoms with Crippen LogP contribution in [0.2, 0.25) is 5.02 Å². The first-order chi connectivity index (χ1) is 6.69. The normalized spacial score (nSPS) is 12.8. The highest BCUT2D eigenvalue weighted by molar-refractivity contribution is 6.30. The predicted octanol–water partition coefficient (Wildman–Crippen LogP) is 1.62. The number of halogens is 1. The Balaban J connectivity index is 2.96. The van der Waals surface area contributed by atoms with Gasteiger partial charge in [0.2, 0.25) is 0 Å². The van der Waals surface area contributed by atoms with Crippen molar-refractivity contribution in [2.24, 2.45) is 5.84 Å². The third-order valence-corrected chi connectivity index (χ3v) is 2.28. The molecule has 0 aromatic carbocycles. The largest absolute Gasteiger partial charge is 0.383 e. The summed E-state index contributed by atoms with van der Waals surface area (Å²) in [7, 11) is 0. The van der Waals surface area contributed by atoms with Crippen molar-refractivity contribution >= 4 is 17.4 Å². The van der Waals surface area contributed by atoms with E-state index in [9.17, 15) is 0 Å². The fraction of sp³-hybridized carbons (Fsp3) is 0.444. The third-order valence-electron chi connectivity index (χ3n) is 2.07. The van der Waals surface area contributed by atoms with Gasteiger partial charge in [0, 0.05) is 17.8 Å². The zero-order valence-corrected chi connectivity index (χ0v) is 8.88. The number of pyridine rings is 1. The topological polar surface area (TPSA) is 77.0 Å². The van der Waals surface area contributed by atoms with Gasteiger partial charge in [-0.1, -0.05) is 24.9 Å². The monoisotopic (exact) mass is 214 g/mol. The maximum atomic E-state index is 5.83. The van der Waals surface area contributed by atoms with Crippen LogP contribution in [0.25, 0.3) is 0 Å². The lowest BCUT2D eigenvalue weighted by Crippen LogP contribution is -2.28. The van der Waals surface area contributed by atoms with Crippen molar-refractivity contribution in [2.45, 2.75) is 25.8 Å². The van der Waals surface area contributed by atoms with E-state index >= 15 is 0 Å². The van der Waals surface area contributed by atoms with E-state index in [1.807, 2.05) is 0 Å². The molecule has 0 fully saturated rings. The summed E-state index contributed by atoms with van der Waals surface area (Å²) in [6.45, 7) is 2.08. The fourth-order valence-electron chi connectivity index (χ4n) is 1.36. The lowest BCUT2D eigenvalue weighted by molar-refractivity contribution is 0.510. The average Bonchev–Trinajstić information content (AvgIpc) is 2.18. The molecule has 1 rings (SSSR count). The molecular formula is C9H15ClN4. The van der Waals surface area contributed by atoms with E-state index in [1.165, 1.54) is 6.20 Å². The average molecular weight is 215 g/mol. The van der Waals surface area contributed by atoms with Crippen LogP contribution < -0.4 is 17.0 Å². The smallest absolute Gasteiger partial charge is 0.128 e. The SMILES string of the molecule is CCCC(NN)c1cc(Cl)cnc1N. The van der Waals surface area contributed by atoms with Gasteiger partial charge in [-0.2, -0.15) is 0 Å². The second-order valence-electron chi connectivity index (χ2n) is 3.14. The number of aromatic nitrogens is 1. The summed E-state index contributed by atoms with van der Waals surface area (Å²) >= 11 is 5.83. The van der Waals surface area contributed by atoms with E-state index in [2.05, 4.69) is 17.3 Å². The number of hydrogen-bond donors (Lipinski definition) is 3. The molecule has 1 atom stereocenters. The second kappa shape index (κ2) is 5.14. The number of nitrogens with two attached hydrogens (primary N) is 2. The molecule has 0 saturated carbocycles. The molecule has 1 unspecified atom stereocenters. The first-order valence-electron chi connectivity index (χ1n) is 4.56. The molecule has 0 aliphatic rings. The van der Waals surface area contributed by atoms with Crippen LogP contribution in [0.4, 0.5) is 5.82 Å². The molecule has 0 bridgehead atoms. The highest BCUT2D eigenvalue weighted by Gasteiger charge is 2.12. The number of rotatable bonds is 4. The summed E-state index contributed by atoms with van der Waals surface area (Å²) in [6, 6.07) is 1.82. The van der Waals surface area contributed by atoms with Crippen molar-refractivity contribution in [3.8, 4) is 0 Å². The zero-order valence-electron chi connectivity index (χ0n) is 8.13. The van der Waals surface area contributed by atoms with Crippen LogP contribution in [-0.4, -0.2) is 4.98 Å². The summed E-state index contributed by atoms with van der Waals surface area (Å²) in [5.74, 6) is 5.91. The van der Waals surface area contributed by atoms with E-state index in [4.69, 9.17) is 23.2 Å². The highest BCUT2D eigenvalue weighted by atomic mass is 35.5. The molecule has 0 amide bonds. The van der Waals surface area contributed by atoms with Crippen LogP contribution in [-0.2, 0) is 0 Å². The molecule has 0 radical (unpaired) electrons. The Kier molecular flexibility index (Phi) is 4.13. The van der Waals surface area contributed by atoms with Gasteiger partial charge in [-0.15, -0.1) is 0 Å². The quantitative estimate of drug-likeness (QED) is 0.526. The van der Waals surface area contributed by atoms with Crippen molar-refractivity contribution in [1.29, 1.82) is 0 Å². The third kappa shape index (κ3) is 2.57. The number of nitrogens with one attached hydrogen (secondary N) is 1. The maximum Gasteiger partial charge on any atom is 0.128 e. The zero-order chi connectivity index (χ0) is 10.6. The fourth-order valence-corrected chi connectivity index (χ4v) is 1.53. The molecule has 5 heteroatoms. The Morgan fingerprint density at radius 1 is 1.64 bits per heavy atom. The standard InChI is InChI=1S/C9H15ClN4/c1-2-3-8(14-12)7-4-6(10)5-13-9(7)11/h4-5,8,14H,2-3,12H2,1H3,(H2,11,13). The van der Waals surface area contributed by atoms with Crippen LogP contribution in [0, 0.1) is 0 Å². The molecule has 0 spiro atoms. The summed E-state index contributed by atoms with van der Waals surface area (Å²) in [5, 5.41) is 0.575. The summed E-state index contributed by atoms with van der Waals surface area (Å²) < 4.78 is 0. The van der Waals surface area contributed by atoms with Gasteiger partial charge in [0.15, 0.2) is 0 Å². The molecular weight excluding hydrogens is 200 g/mol. The Hall–Kier alpha value is -0.840. The molecule has 1 aromatic rings. The van der Waals surface area contributed by atoms with Crippen LogP contribution in [0.1, 0.15) is 31.4 Å². The lowest BCUT2D eigenvalue weighted by Gasteiger charge is -2.16. The van der Waals surface area contributed by atoms with Gasteiger partial charge in [0.1, 0.15) is 5.82 Å². The van der Waals surface area contributed by atoms with Gasteiger partial charge in [-0.25, -0.2) is 4.98 Å². The van der Waals surface area contributed by atoms with Crippen molar-refractivity contribution < 1.29 is 0 Å². The summed E-state index contributed by atoms with van der Waals surface area (Å²) in [6.07, 6.45) is 3.45.